The SMILES string of the molecule is CCOC(=O)c1cnc(NCCNc2ccc([N+](=O)[O-])cn2)nc1-c1ccc(N2CCN(C)CC2)cc1. The molecule has 2 aromatic heterocycles. The maximum atomic E-state index is 12.6. The van der Waals surface area contributed by atoms with Crippen molar-refractivity contribution in [3.63, 3.8) is 0 Å². The number of carbonyl (C=O) groups excluding carboxylic acids is 1. The molecule has 0 spiro atoms. The summed E-state index contributed by atoms with van der Waals surface area (Å²) in [7, 11) is 2.13. The highest BCUT2D eigenvalue weighted by molar-refractivity contribution is 5.96. The van der Waals surface area contributed by atoms with Crippen molar-refractivity contribution in [1.82, 2.24) is 19.9 Å². The molecular formula is C25H30N8O4. The molecule has 0 unspecified atom stereocenters. The second kappa shape index (κ2) is 12.1. The molecule has 1 fully saturated rings. The van der Waals surface area contributed by atoms with Crippen LogP contribution in [0.5, 0.6) is 0 Å². The van der Waals surface area contributed by atoms with Gasteiger partial charge in [-0.3, -0.25) is 10.1 Å². The molecule has 4 rings (SSSR count). The number of aromatic nitrogens is 3. The molecule has 0 radical (unpaired) electrons. The van der Waals surface area contributed by atoms with Gasteiger partial charge in [0.05, 0.1) is 17.2 Å². The fraction of sp³-hybridized carbons (Fsp3) is 0.360. The summed E-state index contributed by atoms with van der Waals surface area (Å²) >= 11 is 0. The average Bonchev–Trinajstić information content (AvgIpc) is 2.92. The van der Waals surface area contributed by atoms with Gasteiger partial charge in [0, 0.05) is 62.8 Å². The Balaban J connectivity index is 1.44. The number of likely N-dealkylation sites (N-methyl/N-ethyl adjacent to an activating group) is 1. The van der Waals surface area contributed by atoms with Gasteiger partial charge in [-0.05, 0) is 32.2 Å². The molecule has 3 aromatic rings. The second-order valence-corrected chi connectivity index (χ2v) is 8.53. The zero-order valence-corrected chi connectivity index (χ0v) is 20.9. The fourth-order valence-corrected chi connectivity index (χ4v) is 3.90. The van der Waals surface area contributed by atoms with Crippen LogP contribution in [-0.4, -0.2) is 83.7 Å². The first-order valence-corrected chi connectivity index (χ1v) is 12.1. The smallest absolute Gasteiger partial charge is 0.341 e. The van der Waals surface area contributed by atoms with Gasteiger partial charge in [0.15, 0.2) is 0 Å². The summed E-state index contributed by atoms with van der Waals surface area (Å²) in [5, 5.41) is 17.0. The zero-order valence-electron chi connectivity index (χ0n) is 20.9. The van der Waals surface area contributed by atoms with Crippen LogP contribution in [0.3, 0.4) is 0 Å². The molecule has 1 aliphatic rings. The van der Waals surface area contributed by atoms with E-state index in [-0.39, 0.29) is 12.3 Å². The maximum Gasteiger partial charge on any atom is 0.341 e. The van der Waals surface area contributed by atoms with Crippen LogP contribution in [0.25, 0.3) is 11.3 Å². The van der Waals surface area contributed by atoms with E-state index in [1.165, 1.54) is 18.5 Å². The van der Waals surface area contributed by atoms with Crippen LogP contribution >= 0.6 is 0 Å². The molecule has 0 atom stereocenters. The Labute approximate surface area is 214 Å². The third kappa shape index (κ3) is 6.67. The number of nitrogens with zero attached hydrogens (tertiary/aromatic N) is 6. The number of hydrogen-bond donors (Lipinski definition) is 2. The fourth-order valence-electron chi connectivity index (χ4n) is 3.90. The van der Waals surface area contributed by atoms with Crippen molar-refractivity contribution < 1.29 is 14.5 Å². The molecule has 0 bridgehead atoms. The first-order chi connectivity index (χ1) is 17.9. The molecule has 1 aliphatic heterocycles. The van der Waals surface area contributed by atoms with Crippen molar-refractivity contribution in [3.05, 3.63) is 64.5 Å². The quantitative estimate of drug-likeness (QED) is 0.182. The minimum Gasteiger partial charge on any atom is -0.462 e. The van der Waals surface area contributed by atoms with Crippen LogP contribution in [0.4, 0.5) is 23.1 Å². The number of pyridine rings is 1. The van der Waals surface area contributed by atoms with Gasteiger partial charge in [0.2, 0.25) is 5.95 Å². The molecule has 1 aromatic carbocycles. The van der Waals surface area contributed by atoms with Crippen LogP contribution in [0.1, 0.15) is 17.3 Å². The number of nitro groups is 1. The molecule has 0 amide bonds. The molecule has 0 aliphatic carbocycles. The summed E-state index contributed by atoms with van der Waals surface area (Å²) in [6.07, 6.45) is 2.68. The number of carbonyl (C=O) groups is 1. The molecule has 3 heterocycles. The number of nitrogens with one attached hydrogen (secondary N) is 2. The van der Waals surface area contributed by atoms with E-state index >= 15 is 0 Å². The van der Waals surface area contributed by atoms with E-state index in [1.54, 1.807) is 13.0 Å². The highest BCUT2D eigenvalue weighted by Crippen LogP contribution is 2.26. The number of rotatable bonds is 10. The van der Waals surface area contributed by atoms with Gasteiger partial charge >= 0.3 is 5.97 Å². The lowest BCUT2D eigenvalue weighted by molar-refractivity contribution is -0.385. The van der Waals surface area contributed by atoms with Crippen LogP contribution in [0.2, 0.25) is 0 Å². The Morgan fingerprint density at radius 1 is 1.03 bits per heavy atom. The largest absolute Gasteiger partial charge is 0.462 e. The molecule has 37 heavy (non-hydrogen) atoms. The first-order valence-electron chi connectivity index (χ1n) is 12.1. The van der Waals surface area contributed by atoms with E-state index in [0.717, 1.165) is 37.4 Å². The van der Waals surface area contributed by atoms with Crippen LogP contribution in [0, 0.1) is 10.1 Å². The Morgan fingerprint density at radius 2 is 1.76 bits per heavy atom. The first kappa shape index (κ1) is 25.8. The second-order valence-electron chi connectivity index (χ2n) is 8.53. The number of esters is 1. The Kier molecular flexibility index (Phi) is 8.41. The molecule has 194 valence electrons. The number of piperazine rings is 1. The molecule has 0 saturated carbocycles. The topological polar surface area (TPSA) is 139 Å². The van der Waals surface area contributed by atoms with Gasteiger partial charge in [-0.2, -0.15) is 0 Å². The van der Waals surface area contributed by atoms with E-state index < -0.39 is 10.9 Å². The van der Waals surface area contributed by atoms with E-state index in [1.807, 2.05) is 24.3 Å². The Bertz CT molecular complexity index is 1210. The maximum absolute atomic E-state index is 12.6. The summed E-state index contributed by atoms with van der Waals surface area (Å²) in [6.45, 7) is 6.91. The predicted molar refractivity (Wildman–Crippen MR) is 141 cm³/mol. The predicted octanol–water partition coefficient (Wildman–Crippen LogP) is 2.90. The van der Waals surface area contributed by atoms with E-state index in [2.05, 4.69) is 42.4 Å². The van der Waals surface area contributed by atoms with Crippen molar-refractivity contribution >= 4 is 29.1 Å². The highest BCUT2D eigenvalue weighted by atomic mass is 16.6. The van der Waals surface area contributed by atoms with Gasteiger partial charge in [-0.15, -0.1) is 0 Å². The third-order valence-corrected chi connectivity index (χ3v) is 5.97. The van der Waals surface area contributed by atoms with Gasteiger partial charge < -0.3 is 25.2 Å². The Hall–Kier alpha value is -4.32. The van der Waals surface area contributed by atoms with Gasteiger partial charge in [0.25, 0.3) is 5.69 Å². The lowest BCUT2D eigenvalue weighted by Gasteiger charge is -2.34. The van der Waals surface area contributed by atoms with Crippen molar-refractivity contribution in [2.24, 2.45) is 0 Å². The van der Waals surface area contributed by atoms with Crippen molar-refractivity contribution in [1.29, 1.82) is 0 Å². The zero-order chi connectivity index (χ0) is 26.2. The summed E-state index contributed by atoms with van der Waals surface area (Å²) in [4.78, 5) is 40.4. The normalized spacial score (nSPS) is 13.7. The average molecular weight is 507 g/mol. The molecule has 12 nitrogen and oxygen atoms in total. The standard InChI is InChI=1S/C25H30N8O4/c1-3-37-24(34)21-17-29-25(27-11-10-26-22-9-8-20(16-28-22)33(35)36)30-23(21)18-4-6-19(7-5-18)32-14-12-31(2)13-15-32/h4-9,16-17H,3,10-15H2,1-2H3,(H,26,28)(H,27,29,30). The van der Waals surface area contributed by atoms with Crippen molar-refractivity contribution in [3.8, 4) is 11.3 Å². The van der Waals surface area contributed by atoms with E-state index in [9.17, 15) is 14.9 Å². The lowest BCUT2D eigenvalue weighted by atomic mass is 10.1. The van der Waals surface area contributed by atoms with E-state index in [4.69, 9.17) is 4.74 Å². The van der Waals surface area contributed by atoms with E-state index in [0.29, 0.717) is 36.1 Å². The summed E-state index contributed by atoms with van der Waals surface area (Å²) in [5.41, 5.74) is 2.65. The molecule has 12 heteroatoms. The Morgan fingerprint density at radius 3 is 2.41 bits per heavy atom. The highest BCUT2D eigenvalue weighted by Gasteiger charge is 2.19. The van der Waals surface area contributed by atoms with Crippen LogP contribution in [-0.2, 0) is 4.74 Å². The minimum absolute atomic E-state index is 0.0668. The van der Waals surface area contributed by atoms with Gasteiger partial charge in [-0.1, -0.05) is 12.1 Å². The van der Waals surface area contributed by atoms with Crippen molar-refractivity contribution in [2.45, 2.75) is 6.92 Å². The number of hydrogen-bond acceptors (Lipinski definition) is 11. The lowest BCUT2D eigenvalue weighted by Crippen LogP contribution is -2.44. The van der Waals surface area contributed by atoms with Gasteiger partial charge in [0.1, 0.15) is 17.6 Å². The molecular weight excluding hydrogens is 476 g/mol. The van der Waals surface area contributed by atoms with Crippen LogP contribution < -0.4 is 15.5 Å². The number of ether oxygens (including phenoxy) is 1. The summed E-state index contributed by atoms with van der Waals surface area (Å²) < 4.78 is 5.22. The minimum atomic E-state index is -0.493. The molecule has 1 saturated heterocycles. The summed E-state index contributed by atoms with van der Waals surface area (Å²) in [6, 6.07) is 11.0. The number of anilines is 3. The summed E-state index contributed by atoms with van der Waals surface area (Å²) in [5.74, 6) is 0.412. The van der Waals surface area contributed by atoms with Crippen LogP contribution in [0.15, 0.2) is 48.8 Å². The third-order valence-electron chi connectivity index (χ3n) is 5.97. The number of benzene rings is 1. The monoisotopic (exact) mass is 506 g/mol. The van der Waals surface area contributed by atoms with Crippen molar-refractivity contribution in [2.75, 3.05) is 68.5 Å². The van der Waals surface area contributed by atoms with Gasteiger partial charge in [-0.25, -0.2) is 19.7 Å². The molecule has 2 N–H and O–H groups in total.